The van der Waals surface area contributed by atoms with Crippen LogP contribution < -0.4 is 5.73 Å². The fourth-order valence-corrected chi connectivity index (χ4v) is 3.11. The van der Waals surface area contributed by atoms with Crippen molar-refractivity contribution < 1.29 is 13.6 Å². The fourth-order valence-electron chi connectivity index (χ4n) is 1.59. The minimum Gasteiger partial charge on any atom is -0.409 e. The largest absolute Gasteiger partial charge is 0.409 e. The van der Waals surface area contributed by atoms with Gasteiger partial charge in [-0.15, -0.1) is 0 Å². The van der Waals surface area contributed by atoms with Crippen LogP contribution in [0, 0.1) is 0 Å². The lowest BCUT2D eigenvalue weighted by molar-refractivity contribution is 0.318. The van der Waals surface area contributed by atoms with Gasteiger partial charge < -0.3 is 10.9 Å². The van der Waals surface area contributed by atoms with Crippen LogP contribution in [0.2, 0.25) is 0 Å². The normalized spacial score (nSPS) is 12.3. The van der Waals surface area contributed by atoms with Crippen LogP contribution in [0.15, 0.2) is 62.6 Å². The molecule has 0 unspecified atom stereocenters. The molecule has 2 aromatic rings. The molecule has 0 radical (unpaired) electrons. The second-order valence-corrected chi connectivity index (χ2v) is 7.26. The highest BCUT2D eigenvalue weighted by molar-refractivity contribution is 7.99. The number of nitrogens with zero attached hydrogens (tertiary/aromatic N) is 2. The van der Waals surface area contributed by atoms with Crippen molar-refractivity contribution >= 4 is 27.4 Å². The number of pyridine rings is 1. The number of hydrogen-bond donors (Lipinski definition) is 2. The average Bonchev–Trinajstić information content (AvgIpc) is 2.46. The number of nitrogens with two attached hydrogens (primary N) is 1. The van der Waals surface area contributed by atoms with E-state index in [1.165, 1.54) is 23.9 Å². The number of benzene rings is 1. The highest BCUT2D eigenvalue weighted by Crippen LogP contribution is 2.29. The summed E-state index contributed by atoms with van der Waals surface area (Å²) in [6.07, 6.45) is 2.76. The third-order valence-electron chi connectivity index (χ3n) is 2.62. The molecule has 21 heavy (non-hydrogen) atoms. The summed E-state index contributed by atoms with van der Waals surface area (Å²) in [5.41, 5.74) is 6.11. The van der Waals surface area contributed by atoms with Crippen molar-refractivity contribution in [1.29, 1.82) is 0 Å². The van der Waals surface area contributed by atoms with Crippen molar-refractivity contribution in [3.63, 3.8) is 0 Å². The Kier molecular flexibility index (Phi) is 4.49. The summed E-state index contributed by atoms with van der Waals surface area (Å²) in [6.45, 7) is 0. The molecular formula is C13H13N3O3S2. The van der Waals surface area contributed by atoms with E-state index in [1.807, 2.05) is 0 Å². The van der Waals surface area contributed by atoms with Crippen LogP contribution in [-0.2, 0) is 9.84 Å². The summed E-state index contributed by atoms with van der Waals surface area (Å²) < 4.78 is 22.8. The van der Waals surface area contributed by atoms with Crippen molar-refractivity contribution in [2.75, 3.05) is 6.26 Å². The van der Waals surface area contributed by atoms with Crippen molar-refractivity contribution in [2.24, 2.45) is 10.9 Å². The lowest BCUT2D eigenvalue weighted by Gasteiger charge is -2.07. The van der Waals surface area contributed by atoms with E-state index >= 15 is 0 Å². The Hall–Kier alpha value is -2.06. The Morgan fingerprint density at radius 2 is 1.95 bits per heavy atom. The first-order valence-corrected chi connectivity index (χ1v) is 8.53. The first-order chi connectivity index (χ1) is 9.91. The van der Waals surface area contributed by atoms with Gasteiger partial charge in [-0.3, -0.25) is 0 Å². The standard InChI is InChI=1S/C13H13N3O3S2/c1-21(18,19)10-6-4-9(5-7-10)20-13-11(12(14)16-17)3-2-8-15-13/h2-8,17H,1H3,(H2,14,16). The Bertz CT molecular complexity index is 772. The molecule has 1 heterocycles. The smallest absolute Gasteiger partial charge is 0.175 e. The maximum atomic E-state index is 11.4. The van der Waals surface area contributed by atoms with Crippen molar-refractivity contribution in [2.45, 2.75) is 14.8 Å². The molecule has 0 aliphatic carbocycles. The Balaban J connectivity index is 2.31. The summed E-state index contributed by atoms with van der Waals surface area (Å²) in [4.78, 5) is 5.24. The number of rotatable bonds is 4. The highest BCUT2D eigenvalue weighted by atomic mass is 32.2. The number of oxime groups is 1. The van der Waals surface area contributed by atoms with Crippen LogP contribution >= 0.6 is 11.8 Å². The Morgan fingerprint density at radius 3 is 2.52 bits per heavy atom. The van der Waals surface area contributed by atoms with Gasteiger partial charge in [-0.2, -0.15) is 0 Å². The highest BCUT2D eigenvalue weighted by Gasteiger charge is 2.11. The molecule has 3 N–H and O–H groups in total. The minimum absolute atomic E-state index is 0.0293. The second kappa shape index (κ2) is 6.15. The molecule has 0 amide bonds. The maximum Gasteiger partial charge on any atom is 0.175 e. The predicted molar refractivity (Wildman–Crippen MR) is 80.4 cm³/mol. The molecule has 2 rings (SSSR count). The number of aromatic nitrogens is 1. The molecule has 0 aliphatic heterocycles. The first-order valence-electron chi connectivity index (χ1n) is 5.82. The molecule has 6 nitrogen and oxygen atoms in total. The molecule has 0 fully saturated rings. The van der Waals surface area contributed by atoms with Crippen LogP contribution in [0.1, 0.15) is 5.56 Å². The van der Waals surface area contributed by atoms with Gasteiger partial charge >= 0.3 is 0 Å². The number of hydrogen-bond acceptors (Lipinski definition) is 6. The summed E-state index contributed by atoms with van der Waals surface area (Å²) in [7, 11) is -3.22. The van der Waals surface area contributed by atoms with E-state index in [0.29, 0.717) is 10.6 Å². The summed E-state index contributed by atoms with van der Waals surface area (Å²) in [5.74, 6) is -0.0293. The van der Waals surface area contributed by atoms with E-state index in [4.69, 9.17) is 10.9 Å². The molecule has 1 aromatic carbocycles. The van der Waals surface area contributed by atoms with Gasteiger partial charge in [0.25, 0.3) is 0 Å². The zero-order chi connectivity index (χ0) is 15.5. The van der Waals surface area contributed by atoms with Crippen molar-refractivity contribution in [3.8, 4) is 0 Å². The summed E-state index contributed by atoms with van der Waals surface area (Å²) in [6, 6.07) is 9.81. The van der Waals surface area contributed by atoms with Gasteiger partial charge in [-0.1, -0.05) is 16.9 Å². The fraction of sp³-hybridized carbons (Fsp3) is 0.0769. The second-order valence-electron chi connectivity index (χ2n) is 4.19. The molecule has 8 heteroatoms. The Morgan fingerprint density at radius 1 is 1.29 bits per heavy atom. The van der Waals surface area contributed by atoms with Crippen LogP contribution in [0.25, 0.3) is 0 Å². The van der Waals surface area contributed by atoms with Gasteiger partial charge in [0.05, 0.1) is 10.5 Å². The number of amidine groups is 1. The van der Waals surface area contributed by atoms with Gasteiger partial charge in [-0.25, -0.2) is 13.4 Å². The molecule has 0 spiro atoms. The molecule has 0 bridgehead atoms. The molecule has 0 atom stereocenters. The Labute approximate surface area is 126 Å². The molecule has 1 aromatic heterocycles. The zero-order valence-electron chi connectivity index (χ0n) is 11.1. The van der Waals surface area contributed by atoms with Crippen molar-refractivity contribution in [1.82, 2.24) is 4.98 Å². The third-order valence-corrected chi connectivity index (χ3v) is 4.78. The van der Waals surface area contributed by atoms with Gasteiger partial charge in [0.15, 0.2) is 15.7 Å². The summed E-state index contributed by atoms with van der Waals surface area (Å²) in [5, 5.41) is 12.3. The third kappa shape index (κ3) is 3.73. The van der Waals surface area contributed by atoms with E-state index < -0.39 is 9.84 Å². The molecule has 0 saturated carbocycles. The van der Waals surface area contributed by atoms with Crippen LogP contribution in [0.4, 0.5) is 0 Å². The van der Waals surface area contributed by atoms with Gasteiger partial charge in [0, 0.05) is 17.3 Å². The maximum absolute atomic E-state index is 11.4. The van der Waals surface area contributed by atoms with E-state index in [0.717, 1.165) is 11.2 Å². The van der Waals surface area contributed by atoms with Gasteiger partial charge in [0.1, 0.15) is 5.03 Å². The van der Waals surface area contributed by atoms with Gasteiger partial charge in [0.2, 0.25) is 0 Å². The minimum atomic E-state index is -3.22. The van der Waals surface area contributed by atoms with Gasteiger partial charge in [-0.05, 0) is 36.4 Å². The number of sulfone groups is 1. The molecule has 110 valence electrons. The molecule has 0 saturated heterocycles. The van der Waals surface area contributed by atoms with Crippen LogP contribution in [-0.4, -0.2) is 30.7 Å². The van der Waals surface area contributed by atoms with E-state index in [-0.39, 0.29) is 10.7 Å². The molecular weight excluding hydrogens is 310 g/mol. The van der Waals surface area contributed by atoms with Crippen LogP contribution in [0.5, 0.6) is 0 Å². The lowest BCUT2D eigenvalue weighted by Crippen LogP contribution is -2.14. The first kappa shape index (κ1) is 15.3. The van der Waals surface area contributed by atoms with E-state index in [2.05, 4.69) is 10.1 Å². The van der Waals surface area contributed by atoms with E-state index in [1.54, 1.807) is 30.5 Å². The van der Waals surface area contributed by atoms with E-state index in [9.17, 15) is 8.42 Å². The zero-order valence-corrected chi connectivity index (χ0v) is 12.7. The average molecular weight is 323 g/mol. The summed E-state index contributed by atoms with van der Waals surface area (Å²) >= 11 is 1.30. The quantitative estimate of drug-likeness (QED) is 0.384. The van der Waals surface area contributed by atoms with Crippen LogP contribution in [0.3, 0.4) is 0 Å². The van der Waals surface area contributed by atoms with Crippen molar-refractivity contribution in [3.05, 3.63) is 48.2 Å². The lowest BCUT2D eigenvalue weighted by atomic mass is 10.3. The predicted octanol–water partition coefficient (Wildman–Crippen LogP) is 1.73. The topological polar surface area (TPSA) is 106 Å². The SMILES string of the molecule is CS(=O)(=O)c1ccc(Sc2ncccc2C(N)=NO)cc1. The monoisotopic (exact) mass is 323 g/mol. The molecule has 0 aliphatic rings.